The van der Waals surface area contributed by atoms with Gasteiger partial charge in [0.25, 0.3) is 0 Å². The third kappa shape index (κ3) is 3.59. The van der Waals surface area contributed by atoms with Crippen molar-refractivity contribution in [1.29, 1.82) is 0 Å². The van der Waals surface area contributed by atoms with E-state index in [-0.39, 0.29) is 12.5 Å². The van der Waals surface area contributed by atoms with Gasteiger partial charge in [0.1, 0.15) is 11.3 Å². The van der Waals surface area contributed by atoms with Crippen LogP contribution in [-0.4, -0.2) is 32.7 Å². The van der Waals surface area contributed by atoms with Crippen molar-refractivity contribution in [3.63, 3.8) is 0 Å². The van der Waals surface area contributed by atoms with Gasteiger partial charge in [0.2, 0.25) is 5.91 Å². The fourth-order valence-corrected chi connectivity index (χ4v) is 2.01. The molecule has 0 saturated heterocycles. The minimum Gasteiger partial charge on any atom is -0.459 e. The van der Waals surface area contributed by atoms with Gasteiger partial charge in [0.05, 0.1) is 19.7 Å². The molecule has 0 aliphatic rings. The van der Waals surface area contributed by atoms with Crippen molar-refractivity contribution in [3.8, 4) is 0 Å². The van der Waals surface area contributed by atoms with Crippen LogP contribution in [0.1, 0.15) is 11.3 Å². The maximum Gasteiger partial charge on any atom is 0.234 e. The average molecular weight is 276 g/mol. The number of amides is 1. The molecule has 2 N–H and O–H groups in total. The molecule has 0 spiro atoms. The maximum absolute atomic E-state index is 11.6. The molecule has 108 valence electrons. The Hall–Kier alpha value is -1.85. The fraction of sp³-hybridized carbons (Fsp3) is 0.400. The zero-order valence-electron chi connectivity index (χ0n) is 11.9. The standard InChI is InChI=1S/C15H20N2O3/c1-11-12-5-3-4-6-13(12)20-14(11)9-17-15(18)10-16-7-8-19-2/h3-6,16H,7-10H2,1-2H3,(H,17,18). The molecule has 1 heterocycles. The van der Waals surface area contributed by atoms with Crippen LogP contribution < -0.4 is 10.6 Å². The van der Waals surface area contributed by atoms with Crippen molar-refractivity contribution in [2.24, 2.45) is 0 Å². The third-order valence-corrected chi connectivity index (χ3v) is 3.16. The average Bonchev–Trinajstić information content (AvgIpc) is 2.78. The highest BCUT2D eigenvalue weighted by atomic mass is 16.5. The second kappa shape index (κ2) is 7.07. The Morgan fingerprint density at radius 1 is 1.35 bits per heavy atom. The number of methoxy groups -OCH3 is 1. The van der Waals surface area contributed by atoms with E-state index < -0.39 is 0 Å². The number of para-hydroxylation sites is 1. The lowest BCUT2D eigenvalue weighted by molar-refractivity contribution is -0.120. The Morgan fingerprint density at radius 2 is 2.15 bits per heavy atom. The van der Waals surface area contributed by atoms with Crippen molar-refractivity contribution < 1.29 is 13.9 Å². The fourth-order valence-electron chi connectivity index (χ4n) is 2.01. The molecule has 0 aliphatic carbocycles. The van der Waals surface area contributed by atoms with Gasteiger partial charge in [-0.15, -0.1) is 0 Å². The van der Waals surface area contributed by atoms with Crippen molar-refractivity contribution >= 4 is 16.9 Å². The van der Waals surface area contributed by atoms with E-state index in [1.54, 1.807) is 7.11 Å². The van der Waals surface area contributed by atoms with Crippen LogP contribution in [0.3, 0.4) is 0 Å². The van der Waals surface area contributed by atoms with E-state index in [9.17, 15) is 4.79 Å². The number of fused-ring (bicyclic) bond motifs is 1. The lowest BCUT2D eigenvalue weighted by atomic mass is 10.1. The minimum absolute atomic E-state index is 0.0547. The summed E-state index contributed by atoms with van der Waals surface area (Å²) in [5.41, 5.74) is 1.93. The Labute approximate surface area is 118 Å². The molecule has 0 bridgehead atoms. The molecule has 0 radical (unpaired) electrons. The van der Waals surface area contributed by atoms with Crippen LogP contribution in [0, 0.1) is 6.92 Å². The molecule has 0 saturated carbocycles. The Morgan fingerprint density at radius 3 is 2.90 bits per heavy atom. The highest BCUT2D eigenvalue weighted by Gasteiger charge is 2.10. The normalized spacial score (nSPS) is 10.9. The summed E-state index contributed by atoms with van der Waals surface area (Å²) < 4.78 is 10.6. The van der Waals surface area contributed by atoms with E-state index >= 15 is 0 Å². The second-order valence-corrected chi connectivity index (χ2v) is 4.59. The van der Waals surface area contributed by atoms with Crippen molar-refractivity contribution in [2.75, 3.05) is 26.8 Å². The predicted molar refractivity (Wildman–Crippen MR) is 77.5 cm³/mol. The number of carbonyl (C=O) groups excluding carboxylic acids is 1. The van der Waals surface area contributed by atoms with Gasteiger partial charge in [0.15, 0.2) is 0 Å². The molecule has 0 aliphatic heterocycles. The molecule has 1 aromatic heterocycles. The Balaban J connectivity index is 1.86. The van der Waals surface area contributed by atoms with Gasteiger partial charge in [-0.05, 0) is 13.0 Å². The summed E-state index contributed by atoms with van der Waals surface area (Å²) in [5, 5.41) is 6.93. The molecule has 5 nitrogen and oxygen atoms in total. The molecule has 1 aromatic carbocycles. The van der Waals surface area contributed by atoms with E-state index in [1.807, 2.05) is 31.2 Å². The predicted octanol–water partition coefficient (Wildman–Crippen LogP) is 1.59. The second-order valence-electron chi connectivity index (χ2n) is 4.59. The van der Waals surface area contributed by atoms with Crippen molar-refractivity contribution in [1.82, 2.24) is 10.6 Å². The first kappa shape index (κ1) is 14.6. The topological polar surface area (TPSA) is 63.5 Å². The molecule has 2 aromatic rings. The van der Waals surface area contributed by atoms with Gasteiger partial charge < -0.3 is 19.8 Å². The number of carbonyl (C=O) groups is 1. The smallest absolute Gasteiger partial charge is 0.234 e. The minimum atomic E-state index is -0.0547. The summed E-state index contributed by atoms with van der Waals surface area (Å²) in [6, 6.07) is 7.87. The summed E-state index contributed by atoms with van der Waals surface area (Å²) in [5.74, 6) is 0.748. The molecule has 2 rings (SSSR count). The number of ether oxygens (including phenoxy) is 1. The zero-order chi connectivity index (χ0) is 14.4. The Bertz CT molecular complexity index is 578. The number of hydrogen-bond donors (Lipinski definition) is 2. The number of hydrogen-bond acceptors (Lipinski definition) is 4. The van der Waals surface area contributed by atoms with Gasteiger partial charge in [0, 0.05) is 24.6 Å². The lowest BCUT2D eigenvalue weighted by Crippen LogP contribution is -2.34. The Kier molecular flexibility index (Phi) is 5.15. The highest BCUT2D eigenvalue weighted by Crippen LogP contribution is 2.24. The van der Waals surface area contributed by atoms with E-state index in [1.165, 1.54) is 0 Å². The number of aryl methyl sites for hydroxylation is 1. The summed E-state index contributed by atoms with van der Waals surface area (Å²) in [7, 11) is 1.63. The lowest BCUT2D eigenvalue weighted by Gasteiger charge is -2.05. The number of nitrogens with one attached hydrogen (secondary N) is 2. The maximum atomic E-state index is 11.6. The zero-order valence-corrected chi connectivity index (χ0v) is 11.9. The molecule has 5 heteroatoms. The van der Waals surface area contributed by atoms with E-state index in [0.717, 1.165) is 22.3 Å². The van der Waals surface area contributed by atoms with E-state index in [0.29, 0.717) is 19.7 Å². The molecular weight excluding hydrogens is 256 g/mol. The van der Waals surface area contributed by atoms with Gasteiger partial charge >= 0.3 is 0 Å². The quantitative estimate of drug-likeness (QED) is 0.754. The van der Waals surface area contributed by atoms with Crippen LogP contribution in [0.2, 0.25) is 0 Å². The van der Waals surface area contributed by atoms with Crippen LogP contribution >= 0.6 is 0 Å². The van der Waals surface area contributed by atoms with Gasteiger partial charge in [-0.1, -0.05) is 18.2 Å². The third-order valence-electron chi connectivity index (χ3n) is 3.16. The first-order chi connectivity index (χ1) is 9.72. The largest absolute Gasteiger partial charge is 0.459 e. The number of furan rings is 1. The molecule has 1 amide bonds. The van der Waals surface area contributed by atoms with Gasteiger partial charge in [-0.25, -0.2) is 0 Å². The summed E-state index contributed by atoms with van der Waals surface area (Å²) in [6.45, 7) is 3.95. The number of rotatable bonds is 7. The molecular formula is C15H20N2O3. The van der Waals surface area contributed by atoms with Crippen LogP contribution in [0.25, 0.3) is 11.0 Å². The van der Waals surface area contributed by atoms with Gasteiger partial charge in [-0.2, -0.15) is 0 Å². The van der Waals surface area contributed by atoms with Crippen molar-refractivity contribution in [2.45, 2.75) is 13.5 Å². The van der Waals surface area contributed by atoms with E-state index in [2.05, 4.69) is 10.6 Å². The molecule has 20 heavy (non-hydrogen) atoms. The monoisotopic (exact) mass is 276 g/mol. The summed E-state index contributed by atoms with van der Waals surface area (Å²) in [4.78, 5) is 11.6. The first-order valence-electron chi connectivity index (χ1n) is 6.65. The summed E-state index contributed by atoms with van der Waals surface area (Å²) in [6.07, 6.45) is 0. The van der Waals surface area contributed by atoms with Crippen LogP contribution in [0.5, 0.6) is 0 Å². The van der Waals surface area contributed by atoms with Crippen LogP contribution in [-0.2, 0) is 16.1 Å². The molecule has 0 unspecified atom stereocenters. The van der Waals surface area contributed by atoms with Crippen molar-refractivity contribution in [3.05, 3.63) is 35.6 Å². The number of benzene rings is 1. The van der Waals surface area contributed by atoms with Crippen LogP contribution in [0.4, 0.5) is 0 Å². The first-order valence-corrected chi connectivity index (χ1v) is 6.65. The molecule has 0 atom stereocenters. The molecule has 0 fully saturated rings. The van der Waals surface area contributed by atoms with Gasteiger partial charge in [-0.3, -0.25) is 4.79 Å². The van der Waals surface area contributed by atoms with Crippen LogP contribution in [0.15, 0.2) is 28.7 Å². The summed E-state index contributed by atoms with van der Waals surface area (Å²) >= 11 is 0. The van der Waals surface area contributed by atoms with E-state index in [4.69, 9.17) is 9.15 Å². The SMILES string of the molecule is COCCNCC(=O)NCc1oc2ccccc2c1C. The highest BCUT2D eigenvalue weighted by molar-refractivity contribution is 5.82.